The number of piperidine rings is 1. The van der Waals surface area contributed by atoms with Crippen LogP contribution in [0, 0.1) is 0 Å². The normalized spacial score (nSPS) is 21.4. The van der Waals surface area contributed by atoms with Crippen molar-refractivity contribution in [2.45, 2.75) is 31.8 Å². The second-order valence-corrected chi connectivity index (χ2v) is 7.04. The molecule has 5 heteroatoms. The standard InChI is InChI=1S/C21H30N2O3/c1-25-20-8-4-3-7-18(20)9-10-21(24)23-14-11-19(17-23)26-16-15-22-12-5-2-6-13-22/h3-4,7-10,19H,2,5-6,11-17H2,1H3/b10-9+. The van der Waals surface area contributed by atoms with E-state index in [0.29, 0.717) is 6.54 Å². The Bertz CT molecular complexity index is 611. The van der Waals surface area contributed by atoms with Gasteiger partial charge in [0, 0.05) is 31.3 Å². The van der Waals surface area contributed by atoms with Gasteiger partial charge in [-0.2, -0.15) is 0 Å². The summed E-state index contributed by atoms with van der Waals surface area (Å²) in [5.74, 6) is 0.815. The SMILES string of the molecule is COc1ccccc1/C=C/C(=O)N1CCC(OCCN2CCCCC2)C1. The Morgan fingerprint density at radius 2 is 2.00 bits per heavy atom. The van der Waals surface area contributed by atoms with Crippen molar-refractivity contribution in [1.29, 1.82) is 0 Å². The van der Waals surface area contributed by atoms with Gasteiger partial charge in [-0.05, 0) is 44.5 Å². The van der Waals surface area contributed by atoms with E-state index in [9.17, 15) is 4.79 Å². The molecule has 0 N–H and O–H groups in total. The van der Waals surface area contributed by atoms with Crippen molar-refractivity contribution >= 4 is 12.0 Å². The molecular formula is C21H30N2O3. The lowest BCUT2D eigenvalue weighted by Gasteiger charge is -2.26. The largest absolute Gasteiger partial charge is 0.496 e. The molecule has 0 spiro atoms. The fourth-order valence-corrected chi connectivity index (χ4v) is 3.67. The molecule has 0 saturated carbocycles. The fraction of sp³-hybridized carbons (Fsp3) is 0.571. The maximum absolute atomic E-state index is 12.4. The van der Waals surface area contributed by atoms with E-state index in [1.54, 1.807) is 13.2 Å². The van der Waals surface area contributed by atoms with Crippen LogP contribution in [-0.4, -0.2) is 68.3 Å². The molecule has 1 amide bonds. The fourth-order valence-electron chi connectivity index (χ4n) is 3.67. The van der Waals surface area contributed by atoms with Gasteiger partial charge in [-0.15, -0.1) is 0 Å². The molecular weight excluding hydrogens is 328 g/mol. The molecule has 0 aromatic heterocycles. The van der Waals surface area contributed by atoms with Gasteiger partial charge in [0.15, 0.2) is 0 Å². The number of amides is 1. The van der Waals surface area contributed by atoms with Crippen LogP contribution in [0.4, 0.5) is 0 Å². The van der Waals surface area contributed by atoms with E-state index in [4.69, 9.17) is 9.47 Å². The van der Waals surface area contributed by atoms with Gasteiger partial charge < -0.3 is 19.3 Å². The summed E-state index contributed by atoms with van der Waals surface area (Å²) in [6.07, 6.45) is 8.53. The number of para-hydroxylation sites is 1. The summed E-state index contributed by atoms with van der Waals surface area (Å²) in [6, 6.07) is 7.70. The van der Waals surface area contributed by atoms with Crippen LogP contribution in [-0.2, 0) is 9.53 Å². The first kappa shape index (κ1) is 18.9. The molecule has 2 fully saturated rings. The molecule has 2 aliphatic heterocycles. The van der Waals surface area contributed by atoms with Crippen LogP contribution in [0.25, 0.3) is 6.08 Å². The number of likely N-dealkylation sites (tertiary alicyclic amines) is 2. The number of nitrogens with zero attached hydrogens (tertiary/aromatic N) is 2. The number of ether oxygens (including phenoxy) is 2. The summed E-state index contributed by atoms with van der Waals surface area (Å²) in [6.45, 7) is 5.64. The highest BCUT2D eigenvalue weighted by Gasteiger charge is 2.25. The Kier molecular flexibility index (Phi) is 7.09. The van der Waals surface area contributed by atoms with Crippen molar-refractivity contribution in [1.82, 2.24) is 9.80 Å². The average Bonchev–Trinajstić information content (AvgIpc) is 3.16. The van der Waals surface area contributed by atoms with Gasteiger partial charge in [-0.3, -0.25) is 4.79 Å². The second-order valence-electron chi connectivity index (χ2n) is 7.04. The van der Waals surface area contributed by atoms with Crippen molar-refractivity contribution in [3.05, 3.63) is 35.9 Å². The number of carbonyl (C=O) groups excluding carboxylic acids is 1. The summed E-state index contributed by atoms with van der Waals surface area (Å²) >= 11 is 0. The minimum atomic E-state index is 0.0398. The second kappa shape index (κ2) is 9.74. The maximum Gasteiger partial charge on any atom is 0.246 e. The average molecular weight is 358 g/mol. The number of hydrogen-bond donors (Lipinski definition) is 0. The van der Waals surface area contributed by atoms with Gasteiger partial charge in [0.2, 0.25) is 5.91 Å². The molecule has 2 heterocycles. The van der Waals surface area contributed by atoms with Gasteiger partial charge in [-0.1, -0.05) is 24.6 Å². The predicted octanol–water partition coefficient (Wildman–Crippen LogP) is 2.81. The van der Waals surface area contributed by atoms with Crippen molar-refractivity contribution in [3.8, 4) is 5.75 Å². The van der Waals surface area contributed by atoms with E-state index in [1.807, 2.05) is 35.2 Å². The summed E-state index contributed by atoms with van der Waals surface area (Å²) in [5.41, 5.74) is 0.914. The van der Waals surface area contributed by atoms with Crippen molar-refractivity contribution < 1.29 is 14.3 Å². The lowest BCUT2D eigenvalue weighted by atomic mass is 10.1. The topological polar surface area (TPSA) is 42.0 Å². The molecule has 1 atom stereocenters. The van der Waals surface area contributed by atoms with Crippen LogP contribution in [0.1, 0.15) is 31.2 Å². The Labute approximate surface area is 156 Å². The highest BCUT2D eigenvalue weighted by atomic mass is 16.5. The molecule has 3 rings (SSSR count). The van der Waals surface area contributed by atoms with Crippen molar-refractivity contribution in [2.75, 3.05) is 46.4 Å². The molecule has 1 aromatic rings. The minimum Gasteiger partial charge on any atom is -0.496 e. The van der Waals surface area contributed by atoms with Crippen LogP contribution in [0.2, 0.25) is 0 Å². The molecule has 0 aliphatic carbocycles. The number of methoxy groups -OCH3 is 1. The molecule has 5 nitrogen and oxygen atoms in total. The molecule has 2 aliphatic rings. The maximum atomic E-state index is 12.4. The third-order valence-electron chi connectivity index (χ3n) is 5.21. The number of carbonyl (C=O) groups is 1. The quantitative estimate of drug-likeness (QED) is 0.703. The summed E-state index contributed by atoms with van der Waals surface area (Å²) in [5, 5.41) is 0. The molecule has 26 heavy (non-hydrogen) atoms. The summed E-state index contributed by atoms with van der Waals surface area (Å²) < 4.78 is 11.3. The van der Waals surface area contributed by atoms with Gasteiger partial charge in [0.1, 0.15) is 5.75 Å². The molecule has 2 saturated heterocycles. The van der Waals surface area contributed by atoms with E-state index in [2.05, 4.69) is 4.90 Å². The van der Waals surface area contributed by atoms with Gasteiger partial charge in [0.05, 0.1) is 19.8 Å². The monoisotopic (exact) mass is 358 g/mol. The van der Waals surface area contributed by atoms with Crippen LogP contribution < -0.4 is 4.74 Å². The Morgan fingerprint density at radius 3 is 2.81 bits per heavy atom. The van der Waals surface area contributed by atoms with Crippen LogP contribution in [0.15, 0.2) is 30.3 Å². The molecule has 142 valence electrons. The highest BCUT2D eigenvalue weighted by molar-refractivity contribution is 5.92. The summed E-state index contributed by atoms with van der Waals surface area (Å²) in [7, 11) is 1.64. The summed E-state index contributed by atoms with van der Waals surface area (Å²) in [4.78, 5) is 16.8. The zero-order chi connectivity index (χ0) is 18.2. The predicted molar refractivity (Wildman–Crippen MR) is 103 cm³/mol. The molecule has 0 bridgehead atoms. The first-order chi connectivity index (χ1) is 12.8. The van der Waals surface area contributed by atoms with E-state index >= 15 is 0 Å². The third kappa shape index (κ3) is 5.32. The number of hydrogen-bond acceptors (Lipinski definition) is 4. The molecule has 1 unspecified atom stereocenters. The van der Waals surface area contributed by atoms with Crippen LogP contribution >= 0.6 is 0 Å². The van der Waals surface area contributed by atoms with Crippen molar-refractivity contribution in [2.24, 2.45) is 0 Å². The minimum absolute atomic E-state index is 0.0398. The highest BCUT2D eigenvalue weighted by Crippen LogP contribution is 2.19. The van der Waals surface area contributed by atoms with Gasteiger partial charge >= 0.3 is 0 Å². The Hall–Kier alpha value is -1.85. The Balaban J connectivity index is 1.41. The van der Waals surface area contributed by atoms with E-state index in [0.717, 1.165) is 37.4 Å². The van der Waals surface area contributed by atoms with Gasteiger partial charge in [0.25, 0.3) is 0 Å². The van der Waals surface area contributed by atoms with E-state index in [-0.39, 0.29) is 12.0 Å². The Morgan fingerprint density at radius 1 is 1.19 bits per heavy atom. The van der Waals surface area contributed by atoms with Crippen LogP contribution in [0.3, 0.4) is 0 Å². The van der Waals surface area contributed by atoms with Gasteiger partial charge in [-0.25, -0.2) is 0 Å². The first-order valence-electron chi connectivity index (χ1n) is 9.70. The third-order valence-corrected chi connectivity index (χ3v) is 5.21. The smallest absolute Gasteiger partial charge is 0.246 e. The number of rotatable bonds is 7. The molecule has 0 radical (unpaired) electrons. The van der Waals surface area contributed by atoms with Crippen molar-refractivity contribution in [3.63, 3.8) is 0 Å². The first-order valence-corrected chi connectivity index (χ1v) is 9.70. The van der Waals surface area contributed by atoms with Crippen LogP contribution in [0.5, 0.6) is 5.75 Å². The number of benzene rings is 1. The van der Waals surface area contributed by atoms with E-state index < -0.39 is 0 Å². The zero-order valence-corrected chi connectivity index (χ0v) is 15.7. The lowest BCUT2D eigenvalue weighted by Crippen LogP contribution is -2.34. The zero-order valence-electron chi connectivity index (χ0n) is 15.7. The van der Waals surface area contributed by atoms with E-state index in [1.165, 1.54) is 32.4 Å². The lowest BCUT2D eigenvalue weighted by molar-refractivity contribution is -0.125. The molecule has 1 aromatic carbocycles.